The van der Waals surface area contributed by atoms with E-state index >= 15 is 0 Å². The number of hydrogen-bond donors (Lipinski definition) is 2. The smallest absolute Gasteiger partial charge is 0.347 e. The van der Waals surface area contributed by atoms with Gasteiger partial charge in [-0.1, -0.05) is 30.3 Å². The van der Waals surface area contributed by atoms with Gasteiger partial charge in [-0.3, -0.25) is 9.59 Å². The van der Waals surface area contributed by atoms with Crippen molar-refractivity contribution in [2.75, 3.05) is 26.2 Å². The molecule has 29 heavy (non-hydrogen) atoms. The highest BCUT2D eigenvalue weighted by molar-refractivity contribution is 7.92. The third-order valence-electron chi connectivity index (χ3n) is 4.33. The first-order chi connectivity index (χ1) is 13.6. The summed E-state index contributed by atoms with van der Waals surface area (Å²) in [5, 5.41) is 5.07. The fourth-order valence-corrected chi connectivity index (χ4v) is 3.98. The van der Waals surface area contributed by atoms with Gasteiger partial charge in [0.15, 0.2) is 0 Å². The molecule has 1 fully saturated rings. The standard InChI is InChI=1S/C18H22F3N3O4S/c19-18(20,21)13-23-16(25)12-22-17(26)15-6-9-24(10-7-15)29(27,28)11-8-14-4-2-1-3-5-14/h1-5,8,11,15H,6-7,9-10,12-13H2,(H,22,26)(H,23,25). The van der Waals surface area contributed by atoms with Gasteiger partial charge in [0, 0.05) is 24.4 Å². The van der Waals surface area contributed by atoms with Gasteiger partial charge in [0.05, 0.1) is 6.54 Å². The maximum atomic E-state index is 12.4. The van der Waals surface area contributed by atoms with Crippen molar-refractivity contribution < 1.29 is 31.2 Å². The Labute approximate surface area is 167 Å². The second kappa shape index (κ2) is 9.88. The Morgan fingerprint density at radius 1 is 1.10 bits per heavy atom. The molecule has 0 aromatic heterocycles. The highest BCUT2D eigenvalue weighted by atomic mass is 32.2. The van der Waals surface area contributed by atoms with Crippen LogP contribution in [-0.4, -0.2) is 56.9 Å². The molecule has 0 spiro atoms. The Morgan fingerprint density at radius 3 is 2.31 bits per heavy atom. The number of nitrogens with one attached hydrogen (secondary N) is 2. The topological polar surface area (TPSA) is 95.6 Å². The SMILES string of the molecule is O=C(CNC(=O)C1CCN(S(=O)(=O)C=Cc2ccccc2)CC1)NCC(F)(F)F. The largest absolute Gasteiger partial charge is 0.405 e. The van der Waals surface area contributed by atoms with Crippen LogP contribution < -0.4 is 10.6 Å². The number of halogens is 3. The van der Waals surface area contributed by atoms with Crippen LogP contribution in [0.3, 0.4) is 0 Å². The highest BCUT2D eigenvalue weighted by Crippen LogP contribution is 2.21. The van der Waals surface area contributed by atoms with Crippen molar-refractivity contribution in [3.05, 3.63) is 41.3 Å². The quantitative estimate of drug-likeness (QED) is 0.681. The zero-order chi connectivity index (χ0) is 21.5. The van der Waals surface area contributed by atoms with E-state index in [9.17, 15) is 31.2 Å². The Bertz CT molecular complexity index is 834. The van der Waals surface area contributed by atoms with Crippen LogP contribution in [-0.2, 0) is 19.6 Å². The molecule has 0 atom stereocenters. The molecular weight excluding hydrogens is 411 g/mol. The Kier molecular flexibility index (Phi) is 7.80. The Balaban J connectivity index is 1.78. The molecule has 2 N–H and O–H groups in total. The minimum Gasteiger partial charge on any atom is -0.347 e. The van der Waals surface area contributed by atoms with Gasteiger partial charge >= 0.3 is 6.18 Å². The number of sulfonamides is 1. The summed E-state index contributed by atoms with van der Waals surface area (Å²) < 4.78 is 62.2. The van der Waals surface area contributed by atoms with Crippen molar-refractivity contribution in [2.45, 2.75) is 19.0 Å². The van der Waals surface area contributed by atoms with Crippen molar-refractivity contribution in [1.29, 1.82) is 0 Å². The third-order valence-corrected chi connectivity index (χ3v) is 5.89. The van der Waals surface area contributed by atoms with E-state index in [2.05, 4.69) is 5.32 Å². The molecule has 2 rings (SSSR count). The first-order valence-corrected chi connectivity index (χ1v) is 10.4. The Morgan fingerprint density at radius 2 is 1.72 bits per heavy atom. The minimum atomic E-state index is -4.52. The van der Waals surface area contributed by atoms with Gasteiger partial charge in [0.2, 0.25) is 21.8 Å². The maximum absolute atomic E-state index is 12.4. The summed E-state index contributed by atoms with van der Waals surface area (Å²) in [6, 6.07) is 8.95. The van der Waals surface area contributed by atoms with Gasteiger partial charge in [-0.05, 0) is 24.5 Å². The second-order valence-corrected chi connectivity index (χ2v) is 8.36. The summed E-state index contributed by atoms with van der Waals surface area (Å²) in [5.41, 5.74) is 0.745. The average Bonchev–Trinajstić information content (AvgIpc) is 2.69. The summed E-state index contributed by atoms with van der Waals surface area (Å²) in [6.07, 6.45) is -2.51. The maximum Gasteiger partial charge on any atom is 0.405 e. The van der Waals surface area contributed by atoms with E-state index in [1.54, 1.807) is 29.6 Å². The average molecular weight is 433 g/mol. The number of carbonyl (C=O) groups excluding carboxylic acids is 2. The van der Waals surface area contributed by atoms with Gasteiger partial charge in [0.1, 0.15) is 6.54 Å². The number of alkyl halides is 3. The number of nitrogens with zero attached hydrogens (tertiary/aromatic N) is 1. The first-order valence-electron chi connectivity index (χ1n) is 8.91. The van der Waals surface area contributed by atoms with Crippen LogP contribution in [0, 0.1) is 5.92 Å². The van der Waals surface area contributed by atoms with Gasteiger partial charge in [-0.15, -0.1) is 0 Å². The molecule has 2 amide bonds. The number of piperidine rings is 1. The molecule has 1 aromatic rings. The van der Waals surface area contributed by atoms with Gasteiger partial charge in [-0.2, -0.15) is 17.5 Å². The van der Waals surface area contributed by atoms with Crippen LogP contribution in [0.4, 0.5) is 13.2 Å². The third kappa shape index (κ3) is 7.86. The number of amides is 2. The molecule has 160 valence electrons. The van der Waals surface area contributed by atoms with Crippen molar-refractivity contribution in [3.63, 3.8) is 0 Å². The molecule has 0 aliphatic carbocycles. The summed E-state index contributed by atoms with van der Waals surface area (Å²) in [4.78, 5) is 23.4. The fourth-order valence-electron chi connectivity index (χ4n) is 2.76. The van der Waals surface area contributed by atoms with Crippen LogP contribution in [0.15, 0.2) is 35.7 Å². The van der Waals surface area contributed by atoms with Crippen LogP contribution >= 0.6 is 0 Å². The van der Waals surface area contributed by atoms with Gasteiger partial charge in [-0.25, -0.2) is 8.42 Å². The Hall–Kier alpha value is -2.40. The molecule has 1 aliphatic heterocycles. The molecule has 1 saturated heterocycles. The molecule has 1 aromatic carbocycles. The van der Waals surface area contributed by atoms with Gasteiger partial charge in [0.25, 0.3) is 0 Å². The van der Waals surface area contributed by atoms with Crippen molar-refractivity contribution in [3.8, 4) is 0 Å². The molecule has 11 heteroatoms. The van der Waals surface area contributed by atoms with E-state index in [4.69, 9.17) is 0 Å². The first kappa shape index (κ1) is 22.9. The van der Waals surface area contributed by atoms with Gasteiger partial charge < -0.3 is 10.6 Å². The predicted octanol–water partition coefficient (Wildman–Crippen LogP) is 1.49. The fraction of sp³-hybridized carbons (Fsp3) is 0.444. The molecule has 1 heterocycles. The monoisotopic (exact) mass is 433 g/mol. The number of hydrogen-bond acceptors (Lipinski definition) is 4. The molecule has 1 aliphatic rings. The molecule has 0 unspecified atom stereocenters. The minimum absolute atomic E-state index is 0.139. The van der Waals surface area contributed by atoms with E-state index in [1.165, 1.54) is 10.4 Å². The van der Waals surface area contributed by atoms with Crippen molar-refractivity contribution in [1.82, 2.24) is 14.9 Å². The van der Waals surface area contributed by atoms with Crippen molar-refractivity contribution >= 4 is 27.9 Å². The molecular formula is C18H22F3N3O4S. The normalized spacial score (nSPS) is 16.7. The summed E-state index contributed by atoms with van der Waals surface area (Å²) >= 11 is 0. The number of benzene rings is 1. The number of carbonyl (C=O) groups is 2. The summed E-state index contributed by atoms with van der Waals surface area (Å²) in [5.74, 6) is -1.93. The zero-order valence-corrected chi connectivity index (χ0v) is 16.3. The lowest BCUT2D eigenvalue weighted by atomic mass is 9.97. The molecule has 0 saturated carbocycles. The summed E-state index contributed by atoms with van der Waals surface area (Å²) in [7, 11) is -3.63. The van der Waals surface area contributed by atoms with Crippen LogP contribution in [0.1, 0.15) is 18.4 Å². The second-order valence-electron chi connectivity index (χ2n) is 6.54. The number of rotatable bonds is 7. The molecule has 0 bridgehead atoms. The van der Waals surface area contributed by atoms with E-state index in [-0.39, 0.29) is 25.9 Å². The van der Waals surface area contributed by atoms with Crippen LogP contribution in [0.5, 0.6) is 0 Å². The van der Waals surface area contributed by atoms with Crippen LogP contribution in [0.2, 0.25) is 0 Å². The highest BCUT2D eigenvalue weighted by Gasteiger charge is 2.30. The summed E-state index contributed by atoms with van der Waals surface area (Å²) in [6.45, 7) is -1.75. The molecule has 7 nitrogen and oxygen atoms in total. The van der Waals surface area contributed by atoms with Crippen LogP contribution in [0.25, 0.3) is 6.08 Å². The molecule has 0 radical (unpaired) electrons. The van der Waals surface area contributed by atoms with E-state index in [0.717, 1.165) is 11.0 Å². The zero-order valence-electron chi connectivity index (χ0n) is 15.5. The lowest BCUT2D eigenvalue weighted by molar-refractivity contribution is -0.138. The lowest BCUT2D eigenvalue weighted by Crippen LogP contribution is -2.45. The lowest BCUT2D eigenvalue weighted by Gasteiger charge is -2.29. The van der Waals surface area contributed by atoms with E-state index in [1.807, 2.05) is 6.07 Å². The van der Waals surface area contributed by atoms with E-state index in [0.29, 0.717) is 0 Å². The predicted molar refractivity (Wildman–Crippen MR) is 101 cm³/mol. The van der Waals surface area contributed by atoms with Crippen molar-refractivity contribution in [2.24, 2.45) is 5.92 Å². The van der Waals surface area contributed by atoms with E-state index < -0.39 is 47.0 Å².